The number of nitrogens with zero attached hydrogens (tertiary/aromatic N) is 1. The first-order valence-electron chi connectivity index (χ1n) is 7.76. The molecule has 0 radical (unpaired) electrons. The van der Waals surface area contributed by atoms with Gasteiger partial charge in [-0.3, -0.25) is 0 Å². The Morgan fingerprint density at radius 2 is 1.77 bits per heavy atom. The SMILES string of the molecule is Cc1cc(NC(=O)Nc2ccc(I)c(OCCN(C)C)c2)ccc1Br.Cl. The average molecular weight is 555 g/mol. The summed E-state index contributed by atoms with van der Waals surface area (Å²) in [4.78, 5) is 14.3. The minimum absolute atomic E-state index is 0. The van der Waals surface area contributed by atoms with Crippen LogP contribution < -0.4 is 15.4 Å². The number of amides is 2. The second kappa shape index (κ2) is 11.0. The van der Waals surface area contributed by atoms with Crippen LogP contribution in [0, 0.1) is 10.5 Å². The minimum atomic E-state index is -0.290. The second-order valence-electron chi connectivity index (χ2n) is 5.84. The molecule has 0 aliphatic heterocycles. The number of hydrogen-bond acceptors (Lipinski definition) is 3. The highest BCUT2D eigenvalue weighted by molar-refractivity contribution is 14.1. The molecule has 2 rings (SSSR count). The van der Waals surface area contributed by atoms with E-state index in [4.69, 9.17) is 4.74 Å². The molecule has 0 unspecified atom stereocenters. The number of benzene rings is 2. The van der Waals surface area contributed by atoms with Gasteiger partial charge in [0.25, 0.3) is 0 Å². The number of carbonyl (C=O) groups excluding carboxylic acids is 1. The molecule has 0 heterocycles. The van der Waals surface area contributed by atoms with Gasteiger partial charge in [-0.2, -0.15) is 0 Å². The maximum Gasteiger partial charge on any atom is 0.323 e. The lowest BCUT2D eigenvalue weighted by Gasteiger charge is -2.14. The van der Waals surface area contributed by atoms with E-state index < -0.39 is 0 Å². The van der Waals surface area contributed by atoms with Crippen molar-refractivity contribution < 1.29 is 9.53 Å². The van der Waals surface area contributed by atoms with E-state index in [2.05, 4.69) is 54.1 Å². The molecule has 0 aliphatic carbocycles. The van der Waals surface area contributed by atoms with Gasteiger partial charge < -0.3 is 20.3 Å². The van der Waals surface area contributed by atoms with E-state index in [1.165, 1.54) is 0 Å². The Morgan fingerprint density at radius 3 is 2.38 bits per heavy atom. The molecule has 0 aliphatic rings. The van der Waals surface area contributed by atoms with E-state index in [1.807, 2.05) is 57.4 Å². The van der Waals surface area contributed by atoms with E-state index in [9.17, 15) is 4.79 Å². The van der Waals surface area contributed by atoms with Crippen molar-refractivity contribution in [1.82, 2.24) is 4.90 Å². The van der Waals surface area contributed by atoms with Gasteiger partial charge in [-0.05, 0) is 79.5 Å². The monoisotopic (exact) mass is 553 g/mol. The van der Waals surface area contributed by atoms with Gasteiger partial charge in [0.2, 0.25) is 0 Å². The van der Waals surface area contributed by atoms with Crippen LogP contribution >= 0.6 is 50.9 Å². The molecule has 26 heavy (non-hydrogen) atoms. The van der Waals surface area contributed by atoms with Gasteiger partial charge in [-0.15, -0.1) is 12.4 Å². The summed E-state index contributed by atoms with van der Waals surface area (Å²) in [5.41, 5.74) is 2.49. The van der Waals surface area contributed by atoms with E-state index in [1.54, 1.807) is 0 Å². The van der Waals surface area contributed by atoms with Gasteiger partial charge in [-0.25, -0.2) is 4.79 Å². The Balaban J connectivity index is 0.00000338. The highest BCUT2D eigenvalue weighted by Gasteiger charge is 2.07. The number of urea groups is 1. The van der Waals surface area contributed by atoms with Crippen LogP contribution in [0.5, 0.6) is 5.75 Å². The zero-order valence-corrected chi connectivity index (χ0v) is 19.4. The molecule has 0 spiro atoms. The Labute approximate surface area is 182 Å². The first kappa shape index (κ1) is 23.0. The number of halogens is 3. The van der Waals surface area contributed by atoms with E-state index in [0.29, 0.717) is 12.3 Å². The topological polar surface area (TPSA) is 53.6 Å². The zero-order chi connectivity index (χ0) is 18.4. The van der Waals surface area contributed by atoms with Crippen molar-refractivity contribution >= 4 is 68.3 Å². The van der Waals surface area contributed by atoms with Crippen molar-refractivity contribution in [3.05, 3.63) is 50.0 Å². The van der Waals surface area contributed by atoms with Crippen molar-refractivity contribution in [1.29, 1.82) is 0 Å². The standard InChI is InChI=1S/C18H21BrIN3O2.ClH/c1-12-10-13(4-6-15(12)19)21-18(24)22-14-5-7-16(20)17(11-14)25-9-8-23(2)3;/h4-7,10-11H,8-9H2,1-3H3,(H2,21,22,24);1H. The number of rotatable bonds is 6. The molecule has 5 nitrogen and oxygen atoms in total. The van der Waals surface area contributed by atoms with Crippen LogP contribution in [0.1, 0.15) is 5.56 Å². The fraction of sp³-hybridized carbons (Fsp3) is 0.278. The molecule has 2 N–H and O–H groups in total. The van der Waals surface area contributed by atoms with Gasteiger partial charge in [-0.1, -0.05) is 15.9 Å². The molecular weight excluding hydrogens is 532 g/mol. The number of likely N-dealkylation sites (N-methyl/N-ethyl adjacent to an activating group) is 1. The fourth-order valence-corrected chi connectivity index (χ4v) is 2.78. The largest absolute Gasteiger partial charge is 0.491 e. The molecule has 2 amide bonds. The van der Waals surface area contributed by atoms with E-state index >= 15 is 0 Å². The summed E-state index contributed by atoms with van der Waals surface area (Å²) in [7, 11) is 4.00. The Hall–Kier alpha value is -1.03. The number of aryl methyl sites for hydroxylation is 1. The average Bonchev–Trinajstić information content (AvgIpc) is 2.53. The van der Waals surface area contributed by atoms with Crippen molar-refractivity contribution in [3.63, 3.8) is 0 Å². The molecule has 8 heteroatoms. The number of carbonyl (C=O) groups is 1. The smallest absolute Gasteiger partial charge is 0.323 e. The molecule has 0 atom stereocenters. The predicted molar refractivity (Wildman–Crippen MR) is 122 cm³/mol. The van der Waals surface area contributed by atoms with Gasteiger partial charge in [0.15, 0.2) is 0 Å². The van der Waals surface area contributed by atoms with E-state index in [-0.39, 0.29) is 18.4 Å². The quantitative estimate of drug-likeness (QED) is 0.473. The molecular formula is C18H22BrClIN3O2. The first-order valence-corrected chi connectivity index (χ1v) is 9.63. The summed E-state index contributed by atoms with van der Waals surface area (Å²) in [6, 6.07) is 11.0. The molecule has 142 valence electrons. The summed E-state index contributed by atoms with van der Waals surface area (Å²) in [6.07, 6.45) is 0. The summed E-state index contributed by atoms with van der Waals surface area (Å²) in [5, 5.41) is 5.67. The third-order valence-corrected chi connectivity index (χ3v) is 5.18. The van der Waals surface area contributed by atoms with Crippen LogP contribution in [0.2, 0.25) is 0 Å². The van der Waals surface area contributed by atoms with Gasteiger partial charge >= 0.3 is 6.03 Å². The lowest BCUT2D eigenvalue weighted by atomic mass is 10.2. The van der Waals surface area contributed by atoms with Gasteiger partial charge in [0.05, 0.1) is 3.57 Å². The van der Waals surface area contributed by atoms with Crippen LogP contribution in [-0.2, 0) is 0 Å². The highest BCUT2D eigenvalue weighted by Crippen LogP contribution is 2.25. The van der Waals surface area contributed by atoms with Crippen LogP contribution in [0.4, 0.5) is 16.2 Å². The van der Waals surface area contributed by atoms with Crippen LogP contribution in [-0.4, -0.2) is 38.2 Å². The molecule has 2 aromatic rings. The van der Waals surface area contributed by atoms with Crippen LogP contribution in [0.25, 0.3) is 0 Å². The van der Waals surface area contributed by atoms with Crippen molar-refractivity contribution in [2.45, 2.75) is 6.92 Å². The molecule has 0 saturated heterocycles. The van der Waals surface area contributed by atoms with Gasteiger partial charge in [0, 0.05) is 28.5 Å². The van der Waals surface area contributed by atoms with E-state index in [0.717, 1.165) is 31.6 Å². The van der Waals surface area contributed by atoms with Crippen molar-refractivity contribution in [2.24, 2.45) is 0 Å². The summed E-state index contributed by atoms with van der Waals surface area (Å²) < 4.78 is 7.81. The third-order valence-electron chi connectivity index (χ3n) is 3.40. The Morgan fingerprint density at radius 1 is 1.15 bits per heavy atom. The van der Waals surface area contributed by atoms with Crippen molar-refractivity contribution in [2.75, 3.05) is 37.9 Å². The molecule has 0 bridgehead atoms. The predicted octanol–water partition coefficient (Wildman–Crippen LogP) is 5.37. The summed E-state index contributed by atoms with van der Waals surface area (Å²) in [5.74, 6) is 0.764. The van der Waals surface area contributed by atoms with Gasteiger partial charge in [0.1, 0.15) is 12.4 Å². The number of hydrogen-bond donors (Lipinski definition) is 2. The highest BCUT2D eigenvalue weighted by atomic mass is 127. The minimum Gasteiger partial charge on any atom is -0.491 e. The maximum atomic E-state index is 12.2. The Bertz CT molecular complexity index is 759. The lowest BCUT2D eigenvalue weighted by Crippen LogP contribution is -2.20. The zero-order valence-electron chi connectivity index (χ0n) is 14.8. The second-order valence-corrected chi connectivity index (χ2v) is 7.86. The Kier molecular flexibility index (Phi) is 9.70. The fourth-order valence-electron chi connectivity index (χ4n) is 2.05. The third kappa shape index (κ3) is 7.30. The number of nitrogens with one attached hydrogen (secondary N) is 2. The molecule has 0 fully saturated rings. The molecule has 0 saturated carbocycles. The maximum absolute atomic E-state index is 12.2. The number of anilines is 2. The van der Waals surface area contributed by atoms with Crippen molar-refractivity contribution in [3.8, 4) is 5.75 Å². The molecule has 0 aromatic heterocycles. The van der Waals surface area contributed by atoms with Crippen LogP contribution in [0.3, 0.4) is 0 Å². The summed E-state index contributed by atoms with van der Waals surface area (Å²) >= 11 is 5.67. The first-order chi connectivity index (χ1) is 11.8. The van der Waals surface area contributed by atoms with Crippen LogP contribution in [0.15, 0.2) is 40.9 Å². The number of ether oxygens (including phenoxy) is 1. The summed E-state index contributed by atoms with van der Waals surface area (Å²) in [6.45, 7) is 3.40. The normalized spacial score (nSPS) is 10.2. The molecule has 2 aromatic carbocycles. The lowest BCUT2D eigenvalue weighted by molar-refractivity contribution is 0.260.